The van der Waals surface area contributed by atoms with Gasteiger partial charge in [0, 0.05) is 16.2 Å². The second-order valence-electron chi connectivity index (χ2n) is 9.16. The summed E-state index contributed by atoms with van der Waals surface area (Å²) in [4.78, 5) is 4.96. The Bertz CT molecular complexity index is 1740. The van der Waals surface area contributed by atoms with Gasteiger partial charge >= 0.3 is 0 Å². The van der Waals surface area contributed by atoms with Crippen LogP contribution in [0.3, 0.4) is 0 Å². The Balaban J connectivity index is 0.000000137. The minimum absolute atomic E-state index is 1.05. The van der Waals surface area contributed by atoms with Crippen LogP contribution in [0.25, 0.3) is 54.5 Å². The lowest BCUT2D eigenvalue weighted by molar-refractivity contribution is 1.26. The van der Waals surface area contributed by atoms with Crippen LogP contribution in [0, 0.1) is 0 Å². The number of aromatic nitrogens is 1. The highest BCUT2D eigenvalue weighted by atomic mass is 14.7. The molecule has 35 heavy (non-hydrogen) atoms. The van der Waals surface area contributed by atoms with Crippen LogP contribution in [0.5, 0.6) is 0 Å². The van der Waals surface area contributed by atoms with Gasteiger partial charge in [-0.2, -0.15) is 0 Å². The van der Waals surface area contributed by atoms with Crippen LogP contribution >= 0.6 is 0 Å². The van der Waals surface area contributed by atoms with E-state index in [4.69, 9.17) is 4.98 Å². The number of pyridine rings is 1. The molecule has 1 aliphatic rings. The molecule has 1 aliphatic carbocycles. The zero-order valence-corrected chi connectivity index (χ0v) is 19.3. The largest absolute Gasteiger partial charge is 0.247 e. The summed E-state index contributed by atoms with van der Waals surface area (Å²) in [6, 6.07) is 45.1. The molecule has 0 saturated heterocycles. The second kappa shape index (κ2) is 8.07. The molecule has 0 bridgehead atoms. The highest BCUT2D eigenvalue weighted by Crippen LogP contribution is 2.36. The average Bonchev–Trinajstić information content (AvgIpc) is 3.31. The number of rotatable bonds is 0. The van der Waals surface area contributed by atoms with Gasteiger partial charge in [0.1, 0.15) is 0 Å². The zero-order valence-electron chi connectivity index (χ0n) is 19.3. The molecule has 164 valence electrons. The lowest BCUT2D eigenvalue weighted by Crippen LogP contribution is -1.87. The summed E-state index contributed by atoms with van der Waals surface area (Å²) < 4.78 is 0. The Morgan fingerprint density at radius 3 is 1.60 bits per heavy atom. The van der Waals surface area contributed by atoms with E-state index in [9.17, 15) is 0 Å². The summed E-state index contributed by atoms with van der Waals surface area (Å²) >= 11 is 0. The molecule has 0 atom stereocenters. The fourth-order valence-electron chi connectivity index (χ4n) is 5.48. The first-order chi connectivity index (χ1) is 17.4. The van der Waals surface area contributed by atoms with E-state index in [2.05, 4.69) is 121 Å². The Labute approximate surface area is 204 Å². The maximum atomic E-state index is 4.96. The molecule has 0 aliphatic heterocycles. The molecule has 0 unspecified atom stereocenters. The molecular formula is C34H23N. The molecule has 1 aromatic heterocycles. The van der Waals surface area contributed by atoms with Crippen LogP contribution < -0.4 is 0 Å². The monoisotopic (exact) mass is 445 g/mol. The summed E-state index contributed by atoms with van der Waals surface area (Å²) in [5, 5.41) is 7.48. The number of nitrogens with zero attached hydrogens (tertiary/aromatic N) is 1. The lowest BCUT2D eigenvalue weighted by Gasteiger charge is -2.10. The van der Waals surface area contributed by atoms with Crippen LogP contribution in [0.4, 0.5) is 0 Å². The third-order valence-electron chi connectivity index (χ3n) is 7.12. The van der Waals surface area contributed by atoms with E-state index in [0.29, 0.717) is 0 Å². The Hall–Kier alpha value is -4.49. The van der Waals surface area contributed by atoms with Crippen molar-refractivity contribution < 1.29 is 0 Å². The summed E-state index contributed by atoms with van der Waals surface area (Å²) in [6.07, 6.45) is 1.10. The van der Waals surface area contributed by atoms with Crippen molar-refractivity contribution in [2.75, 3.05) is 0 Å². The van der Waals surface area contributed by atoms with E-state index in [1.54, 1.807) is 0 Å². The van der Waals surface area contributed by atoms with Gasteiger partial charge in [-0.15, -0.1) is 0 Å². The summed E-state index contributed by atoms with van der Waals surface area (Å²) in [7, 11) is 0. The number of para-hydroxylation sites is 1. The Morgan fingerprint density at radius 1 is 0.429 bits per heavy atom. The van der Waals surface area contributed by atoms with Crippen molar-refractivity contribution in [1.29, 1.82) is 0 Å². The van der Waals surface area contributed by atoms with E-state index in [0.717, 1.165) is 17.5 Å². The fraction of sp³-hybridized carbons (Fsp3) is 0.0294. The smallest absolute Gasteiger partial charge is 0.0794 e. The van der Waals surface area contributed by atoms with E-state index in [-0.39, 0.29) is 0 Å². The van der Waals surface area contributed by atoms with Gasteiger partial charge in [0.25, 0.3) is 0 Å². The number of benzene rings is 6. The van der Waals surface area contributed by atoms with Crippen LogP contribution in [-0.2, 0) is 6.42 Å². The molecule has 0 N–H and O–H groups in total. The van der Waals surface area contributed by atoms with E-state index < -0.39 is 0 Å². The van der Waals surface area contributed by atoms with Gasteiger partial charge in [-0.1, -0.05) is 115 Å². The van der Waals surface area contributed by atoms with Gasteiger partial charge in [0.05, 0.1) is 11.0 Å². The minimum Gasteiger partial charge on any atom is -0.247 e. The molecule has 7 aromatic rings. The first kappa shape index (κ1) is 19.9. The molecule has 1 nitrogen and oxygen atoms in total. The summed E-state index contributed by atoms with van der Waals surface area (Å²) in [6.45, 7) is 0. The van der Waals surface area contributed by atoms with Crippen LogP contribution in [0.1, 0.15) is 11.1 Å². The van der Waals surface area contributed by atoms with E-state index >= 15 is 0 Å². The van der Waals surface area contributed by atoms with Crippen LogP contribution in [-0.4, -0.2) is 4.98 Å². The lowest BCUT2D eigenvalue weighted by atomic mass is 9.96. The van der Waals surface area contributed by atoms with Crippen molar-refractivity contribution >= 4 is 43.4 Å². The maximum absolute atomic E-state index is 4.96. The molecule has 0 spiro atoms. The highest BCUT2D eigenvalue weighted by molar-refractivity contribution is 6.25. The molecule has 6 aromatic carbocycles. The van der Waals surface area contributed by atoms with Crippen LogP contribution in [0.15, 0.2) is 127 Å². The SMILES string of the molecule is c1ccc2c(c1)Cc1ccccc1-2.c1ccc2nc3c4ccccc4c4ccccc4c3cc2c1. The van der Waals surface area contributed by atoms with Crippen molar-refractivity contribution in [2.24, 2.45) is 0 Å². The Morgan fingerprint density at radius 2 is 0.914 bits per heavy atom. The zero-order chi connectivity index (χ0) is 23.2. The first-order valence-electron chi connectivity index (χ1n) is 12.1. The molecule has 0 radical (unpaired) electrons. The average molecular weight is 446 g/mol. The van der Waals surface area contributed by atoms with Crippen molar-refractivity contribution in [3.63, 3.8) is 0 Å². The fourth-order valence-corrected chi connectivity index (χ4v) is 5.48. The number of hydrogen-bond acceptors (Lipinski definition) is 1. The molecule has 0 saturated carbocycles. The van der Waals surface area contributed by atoms with Gasteiger partial charge in [0.2, 0.25) is 0 Å². The summed E-state index contributed by atoms with van der Waals surface area (Å²) in [5.74, 6) is 0. The Kier molecular flexibility index (Phi) is 4.60. The molecule has 0 amide bonds. The normalized spacial score (nSPS) is 11.9. The van der Waals surface area contributed by atoms with Gasteiger partial charge < -0.3 is 0 Å². The van der Waals surface area contributed by atoms with Crippen molar-refractivity contribution in [1.82, 2.24) is 4.98 Å². The second-order valence-corrected chi connectivity index (χ2v) is 9.16. The predicted octanol–water partition coefficient (Wildman–Crippen LogP) is 8.95. The van der Waals surface area contributed by atoms with E-state index in [1.165, 1.54) is 54.6 Å². The van der Waals surface area contributed by atoms with Crippen molar-refractivity contribution in [3.8, 4) is 11.1 Å². The first-order valence-corrected chi connectivity index (χ1v) is 12.1. The minimum atomic E-state index is 1.05. The van der Waals surface area contributed by atoms with Gasteiger partial charge in [-0.05, 0) is 57.0 Å². The molecule has 1 heteroatoms. The van der Waals surface area contributed by atoms with Gasteiger partial charge in [-0.25, -0.2) is 4.98 Å². The molecule has 1 heterocycles. The third-order valence-corrected chi connectivity index (χ3v) is 7.12. The van der Waals surface area contributed by atoms with Gasteiger partial charge in [-0.3, -0.25) is 0 Å². The standard InChI is InChI=1S/C21H13N.C13H10/c1-6-12-20-14(7-1)13-19-17-10-3-2-8-15(17)16-9-4-5-11-18(16)21(19)22-20;1-3-7-12-10(5-1)9-11-6-2-4-8-13(11)12/h1-13H;1-8H,9H2. The number of fused-ring (bicyclic) bond motifs is 10. The van der Waals surface area contributed by atoms with Crippen molar-refractivity contribution in [3.05, 3.63) is 139 Å². The maximum Gasteiger partial charge on any atom is 0.0794 e. The quantitative estimate of drug-likeness (QED) is 0.168. The molecule has 0 fully saturated rings. The predicted molar refractivity (Wildman–Crippen MR) is 149 cm³/mol. The van der Waals surface area contributed by atoms with Crippen LogP contribution in [0.2, 0.25) is 0 Å². The summed E-state index contributed by atoms with van der Waals surface area (Å²) in [5.41, 5.74) is 7.90. The van der Waals surface area contributed by atoms with Crippen molar-refractivity contribution in [2.45, 2.75) is 6.42 Å². The molecular weight excluding hydrogens is 422 g/mol. The van der Waals surface area contributed by atoms with E-state index in [1.807, 2.05) is 6.07 Å². The third kappa shape index (κ3) is 3.28. The number of hydrogen-bond donors (Lipinski definition) is 0. The highest BCUT2D eigenvalue weighted by Gasteiger charge is 2.16. The topological polar surface area (TPSA) is 12.9 Å². The molecule has 8 rings (SSSR count). The van der Waals surface area contributed by atoms with Gasteiger partial charge in [0.15, 0.2) is 0 Å².